The topological polar surface area (TPSA) is 70.6 Å². The average molecular weight is 342 g/mol. The molecule has 25 heavy (non-hydrogen) atoms. The Morgan fingerprint density at radius 3 is 2.52 bits per heavy atom. The summed E-state index contributed by atoms with van der Waals surface area (Å²) in [5.74, 6) is 0. The molecule has 0 aromatic heterocycles. The Bertz CT molecular complexity index is 688. The van der Waals surface area contributed by atoms with E-state index in [-0.39, 0.29) is 18.7 Å². The summed E-state index contributed by atoms with van der Waals surface area (Å²) in [5.41, 5.74) is 1.64. The number of benzene rings is 2. The van der Waals surface area contributed by atoms with Crippen LogP contribution in [-0.4, -0.2) is 23.8 Å². The second-order valence-corrected chi connectivity index (χ2v) is 6.50. The molecule has 0 aliphatic carbocycles. The SMILES string of the molecule is CC(C)OCc1cccc(NC(=O)NC(C)(CO)c2ccccc2)c1. The van der Waals surface area contributed by atoms with Crippen molar-refractivity contribution in [1.82, 2.24) is 5.32 Å². The van der Waals surface area contributed by atoms with E-state index in [4.69, 9.17) is 4.74 Å². The molecular weight excluding hydrogens is 316 g/mol. The zero-order chi connectivity index (χ0) is 18.3. The smallest absolute Gasteiger partial charge is 0.320 e. The molecule has 134 valence electrons. The van der Waals surface area contributed by atoms with Gasteiger partial charge >= 0.3 is 6.03 Å². The Hall–Kier alpha value is -2.37. The third-order valence-electron chi connectivity index (χ3n) is 3.88. The van der Waals surface area contributed by atoms with Crippen molar-refractivity contribution in [2.75, 3.05) is 11.9 Å². The zero-order valence-electron chi connectivity index (χ0n) is 15.0. The normalized spacial score (nSPS) is 13.3. The maximum absolute atomic E-state index is 12.4. The van der Waals surface area contributed by atoms with Crippen LogP contribution in [0.3, 0.4) is 0 Å². The standard InChI is InChI=1S/C20H26N2O3/c1-15(2)25-13-16-8-7-11-18(12-16)21-19(24)22-20(3,14-23)17-9-5-4-6-10-17/h4-12,15,23H,13-14H2,1-3H3,(H2,21,22,24). The van der Waals surface area contributed by atoms with Gasteiger partial charge in [-0.2, -0.15) is 0 Å². The first-order valence-electron chi connectivity index (χ1n) is 8.39. The minimum Gasteiger partial charge on any atom is -0.394 e. The van der Waals surface area contributed by atoms with Crippen molar-refractivity contribution in [3.05, 3.63) is 65.7 Å². The van der Waals surface area contributed by atoms with Gasteiger partial charge in [0.1, 0.15) is 0 Å². The van der Waals surface area contributed by atoms with E-state index in [9.17, 15) is 9.90 Å². The van der Waals surface area contributed by atoms with Crippen LogP contribution < -0.4 is 10.6 Å². The van der Waals surface area contributed by atoms with E-state index in [0.717, 1.165) is 11.1 Å². The number of carbonyl (C=O) groups is 1. The predicted molar refractivity (Wildman–Crippen MR) is 99.4 cm³/mol. The summed E-state index contributed by atoms with van der Waals surface area (Å²) in [4.78, 5) is 12.4. The van der Waals surface area contributed by atoms with E-state index in [1.165, 1.54) is 0 Å². The molecule has 2 rings (SSSR count). The summed E-state index contributed by atoms with van der Waals surface area (Å²) in [6.07, 6.45) is 0.149. The van der Waals surface area contributed by atoms with Gasteiger partial charge in [-0.05, 0) is 44.0 Å². The molecule has 0 heterocycles. The van der Waals surface area contributed by atoms with Gasteiger partial charge in [-0.1, -0.05) is 42.5 Å². The molecule has 0 radical (unpaired) electrons. The third-order valence-corrected chi connectivity index (χ3v) is 3.88. The van der Waals surface area contributed by atoms with Crippen LogP contribution in [0.25, 0.3) is 0 Å². The van der Waals surface area contributed by atoms with E-state index < -0.39 is 5.54 Å². The third kappa shape index (κ3) is 5.59. The van der Waals surface area contributed by atoms with E-state index >= 15 is 0 Å². The summed E-state index contributed by atoms with van der Waals surface area (Å²) in [6.45, 7) is 6.04. The van der Waals surface area contributed by atoms with Crippen LogP contribution in [0.4, 0.5) is 10.5 Å². The van der Waals surface area contributed by atoms with Gasteiger partial charge in [0, 0.05) is 5.69 Å². The lowest BCUT2D eigenvalue weighted by molar-refractivity contribution is 0.0657. The van der Waals surface area contributed by atoms with E-state index in [1.807, 2.05) is 68.4 Å². The minimum absolute atomic E-state index is 0.149. The lowest BCUT2D eigenvalue weighted by atomic mass is 9.93. The number of hydrogen-bond acceptors (Lipinski definition) is 3. The molecule has 1 unspecified atom stereocenters. The van der Waals surface area contributed by atoms with Gasteiger partial charge in [0.15, 0.2) is 0 Å². The van der Waals surface area contributed by atoms with Gasteiger partial charge in [-0.25, -0.2) is 4.79 Å². The number of anilines is 1. The van der Waals surface area contributed by atoms with Gasteiger partial charge < -0.3 is 20.5 Å². The number of rotatable bonds is 7. The van der Waals surface area contributed by atoms with Crippen molar-refractivity contribution >= 4 is 11.7 Å². The van der Waals surface area contributed by atoms with E-state index in [0.29, 0.717) is 12.3 Å². The number of aliphatic hydroxyl groups excluding tert-OH is 1. The van der Waals surface area contributed by atoms with Gasteiger partial charge in [0.25, 0.3) is 0 Å². The molecule has 1 atom stereocenters. The van der Waals surface area contributed by atoms with Gasteiger partial charge in [0.05, 0.1) is 24.9 Å². The van der Waals surface area contributed by atoms with E-state index in [1.54, 1.807) is 6.92 Å². The van der Waals surface area contributed by atoms with Crippen molar-refractivity contribution < 1.29 is 14.6 Å². The van der Waals surface area contributed by atoms with Crippen LogP contribution in [0.5, 0.6) is 0 Å². The second-order valence-electron chi connectivity index (χ2n) is 6.50. The highest BCUT2D eigenvalue weighted by Gasteiger charge is 2.27. The van der Waals surface area contributed by atoms with Crippen molar-refractivity contribution in [1.29, 1.82) is 0 Å². The highest BCUT2D eigenvalue weighted by molar-refractivity contribution is 5.90. The molecule has 5 nitrogen and oxygen atoms in total. The highest BCUT2D eigenvalue weighted by atomic mass is 16.5. The maximum atomic E-state index is 12.4. The summed E-state index contributed by atoms with van der Waals surface area (Å²) in [7, 11) is 0. The number of nitrogens with one attached hydrogen (secondary N) is 2. The molecule has 2 aromatic carbocycles. The number of amides is 2. The van der Waals surface area contributed by atoms with Crippen molar-refractivity contribution in [2.45, 2.75) is 39.0 Å². The monoisotopic (exact) mass is 342 g/mol. The maximum Gasteiger partial charge on any atom is 0.320 e. The summed E-state index contributed by atoms with van der Waals surface area (Å²) in [5, 5.41) is 15.4. The van der Waals surface area contributed by atoms with Crippen LogP contribution in [0.1, 0.15) is 31.9 Å². The van der Waals surface area contributed by atoms with Crippen LogP contribution in [-0.2, 0) is 16.9 Å². The number of ether oxygens (including phenoxy) is 1. The minimum atomic E-state index is -0.857. The molecule has 0 saturated carbocycles. The van der Waals surface area contributed by atoms with Crippen molar-refractivity contribution in [2.24, 2.45) is 0 Å². The van der Waals surface area contributed by atoms with Crippen LogP contribution >= 0.6 is 0 Å². The molecule has 5 heteroatoms. The molecule has 0 aliphatic rings. The fourth-order valence-electron chi connectivity index (χ4n) is 2.42. The lowest BCUT2D eigenvalue weighted by Gasteiger charge is -2.29. The highest BCUT2D eigenvalue weighted by Crippen LogP contribution is 2.20. The molecule has 3 N–H and O–H groups in total. The molecule has 0 spiro atoms. The van der Waals surface area contributed by atoms with Crippen LogP contribution in [0.15, 0.2) is 54.6 Å². The van der Waals surface area contributed by atoms with E-state index in [2.05, 4.69) is 10.6 Å². The Morgan fingerprint density at radius 1 is 1.16 bits per heavy atom. The average Bonchev–Trinajstić information content (AvgIpc) is 2.61. The number of hydrogen-bond donors (Lipinski definition) is 3. The molecule has 2 amide bonds. The first kappa shape index (κ1) is 19.0. The molecule has 0 saturated heterocycles. The Morgan fingerprint density at radius 2 is 1.88 bits per heavy atom. The first-order valence-corrected chi connectivity index (χ1v) is 8.39. The van der Waals surface area contributed by atoms with Gasteiger partial charge in [0.2, 0.25) is 0 Å². The molecular formula is C20H26N2O3. The number of aliphatic hydroxyl groups is 1. The molecule has 0 aliphatic heterocycles. The quantitative estimate of drug-likeness (QED) is 0.719. The fraction of sp³-hybridized carbons (Fsp3) is 0.350. The zero-order valence-corrected chi connectivity index (χ0v) is 15.0. The second kappa shape index (κ2) is 8.65. The lowest BCUT2D eigenvalue weighted by Crippen LogP contribution is -2.48. The molecule has 0 bridgehead atoms. The molecule has 0 fully saturated rings. The largest absolute Gasteiger partial charge is 0.394 e. The van der Waals surface area contributed by atoms with Crippen LogP contribution in [0.2, 0.25) is 0 Å². The van der Waals surface area contributed by atoms with Gasteiger partial charge in [-0.3, -0.25) is 0 Å². The number of carbonyl (C=O) groups excluding carboxylic acids is 1. The van der Waals surface area contributed by atoms with Crippen molar-refractivity contribution in [3.63, 3.8) is 0 Å². The summed E-state index contributed by atoms with van der Waals surface area (Å²) < 4.78 is 5.58. The number of urea groups is 1. The predicted octanol–water partition coefficient (Wildman–Crippen LogP) is 3.64. The fourth-order valence-corrected chi connectivity index (χ4v) is 2.42. The first-order chi connectivity index (χ1) is 11.9. The Kier molecular flexibility index (Phi) is 6.56. The molecule has 2 aromatic rings. The van der Waals surface area contributed by atoms with Crippen LogP contribution in [0, 0.1) is 0 Å². The summed E-state index contributed by atoms with van der Waals surface area (Å²) in [6, 6.07) is 16.5. The van der Waals surface area contributed by atoms with Gasteiger partial charge in [-0.15, -0.1) is 0 Å². The Labute approximate surface area is 149 Å². The van der Waals surface area contributed by atoms with Crippen molar-refractivity contribution in [3.8, 4) is 0 Å². The summed E-state index contributed by atoms with van der Waals surface area (Å²) >= 11 is 0. The Balaban J connectivity index is 2.03.